The van der Waals surface area contributed by atoms with Gasteiger partial charge in [-0.15, -0.1) is 0 Å². The fourth-order valence-corrected chi connectivity index (χ4v) is 4.49. The summed E-state index contributed by atoms with van der Waals surface area (Å²) in [6.07, 6.45) is 1.65. The molecule has 0 saturated heterocycles. The average Bonchev–Trinajstić information content (AvgIpc) is 3.89. The van der Waals surface area contributed by atoms with E-state index in [2.05, 4.69) is 24.9 Å². The molecule has 0 atom stereocenters. The maximum atomic E-state index is 13.3. The van der Waals surface area contributed by atoms with Crippen LogP contribution in [0.25, 0.3) is 22.8 Å². The van der Waals surface area contributed by atoms with Crippen molar-refractivity contribution in [2.45, 2.75) is 57.3 Å². The van der Waals surface area contributed by atoms with Crippen molar-refractivity contribution >= 4 is 5.78 Å². The minimum absolute atomic E-state index is 0.0399. The molecule has 0 spiro atoms. The first-order chi connectivity index (χ1) is 19.2. The molecule has 40 heavy (non-hydrogen) atoms. The number of hydrogen-bond donors (Lipinski definition) is 0. The molecule has 1 aromatic carbocycles. The van der Waals surface area contributed by atoms with Crippen molar-refractivity contribution in [1.82, 2.24) is 29.5 Å². The molecule has 2 fully saturated rings. The molecule has 3 aromatic heterocycles. The number of ketones is 1. The molecular formula is C28H25F3N6O3. The molecule has 12 heteroatoms. The Balaban J connectivity index is 1.26. The highest BCUT2D eigenvalue weighted by Crippen LogP contribution is 2.45. The van der Waals surface area contributed by atoms with Gasteiger partial charge in [0.1, 0.15) is 30.0 Å². The molecule has 2 aliphatic rings. The zero-order chi connectivity index (χ0) is 28.0. The smallest absolute Gasteiger partial charge is 0.434 e. The van der Waals surface area contributed by atoms with Crippen LogP contribution in [0.5, 0.6) is 11.8 Å². The fourth-order valence-electron chi connectivity index (χ4n) is 4.49. The lowest BCUT2D eigenvalue weighted by molar-refractivity contribution is -0.140. The van der Waals surface area contributed by atoms with Gasteiger partial charge >= 0.3 is 6.18 Å². The molecule has 6 rings (SSSR count). The third kappa shape index (κ3) is 5.25. The third-order valence-corrected chi connectivity index (χ3v) is 6.85. The van der Waals surface area contributed by atoms with Crippen molar-refractivity contribution in [3.8, 4) is 34.5 Å². The summed E-state index contributed by atoms with van der Waals surface area (Å²) >= 11 is 0. The van der Waals surface area contributed by atoms with Crippen LogP contribution in [-0.2, 0) is 12.8 Å². The van der Waals surface area contributed by atoms with Crippen LogP contribution in [0.2, 0.25) is 0 Å². The Kier molecular flexibility index (Phi) is 6.47. The largest absolute Gasteiger partial charge is 0.480 e. The quantitative estimate of drug-likeness (QED) is 0.240. The SMILES string of the molecule is COc1ncnc(C2CC2)c1-c1nc(OCc2ccc(-c3nc(C(F)(F)F)cn3C3CC3)cc2)cc(C(C)=O)n1. The van der Waals surface area contributed by atoms with Crippen LogP contribution in [0.1, 0.15) is 72.0 Å². The van der Waals surface area contributed by atoms with E-state index in [0.29, 0.717) is 22.8 Å². The van der Waals surface area contributed by atoms with Crippen LogP contribution in [0.3, 0.4) is 0 Å². The first kappa shape index (κ1) is 25.9. The Morgan fingerprint density at radius 3 is 2.42 bits per heavy atom. The summed E-state index contributed by atoms with van der Waals surface area (Å²) in [5.41, 5.74) is 1.93. The van der Waals surface area contributed by atoms with E-state index in [0.717, 1.165) is 43.1 Å². The van der Waals surface area contributed by atoms with Crippen molar-refractivity contribution in [1.29, 1.82) is 0 Å². The Labute approximate surface area is 227 Å². The van der Waals surface area contributed by atoms with E-state index >= 15 is 0 Å². The monoisotopic (exact) mass is 550 g/mol. The second-order valence-electron chi connectivity index (χ2n) is 9.96. The first-order valence-corrected chi connectivity index (χ1v) is 12.9. The van der Waals surface area contributed by atoms with Crippen LogP contribution in [-0.4, -0.2) is 42.4 Å². The lowest BCUT2D eigenvalue weighted by Crippen LogP contribution is -2.07. The summed E-state index contributed by atoms with van der Waals surface area (Å²) in [5.74, 6) is 1.03. The van der Waals surface area contributed by atoms with Gasteiger partial charge in [0.25, 0.3) is 0 Å². The summed E-state index contributed by atoms with van der Waals surface area (Å²) < 4.78 is 52.9. The number of ether oxygens (including phenoxy) is 2. The normalized spacial score (nSPS) is 15.2. The number of benzene rings is 1. The molecule has 2 aliphatic carbocycles. The number of nitrogens with zero attached hydrogens (tertiary/aromatic N) is 6. The summed E-state index contributed by atoms with van der Waals surface area (Å²) in [4.78, 5) is 33.8. The number of hydrogen-bond acceptors (Lipinski definition) is 8. The second kappa shape index (κ2) is 10.00. The van der Waals surface area contributed by atoms with Crippen LogP contribution in [0.15, 0.2) is 42.9 Å². The Morgan fingerprint density at radius 2 is 1.80 bits per heavy atom. The number of halogens is 3. The van der Waals surface area contributed by atoms with Crippen molar-refractivity contribution in [2.75, 3.05) is 7.11 Å². The standard InChI is InChI=1S/C28H25F3N6O3/c1-15(38)20-11-22(36-25(34-20)23-24(17-7-8-17)32-14-33-27(23)39-2)40-13-16-3-5-18(6-4-16)26-35-21(28(29,30)31)12-37(26)19-9-10-19/h3-6,11-12,14,17,19H,7-10,13H2,1-2H3. The van der Waals surface area contributed by atoms with E-state index in [-0.39, 0.29) is 41.7 Å². The number of imidazole rings is 1. The molecule has 4 aromatic rings. The molecule has 206 valence electrons. The molecule has 0 N–H and O–H groups in total. The van der Waals surface area contributed by atoms with E-state index < -0.39 is 11.9 Å². The van der Waals surface area contributed by atoms with E-state index in [9.17, 15) is 18.0 Å². The molecule has 9 nitrogen and oxygen atoms in total. The van der Waals surface area contributed by atoms with Gasteiger partial charge in [-0.2, -0.15) is 18.2 Å². The number of Topliss-reactive ketones (excluding diaryl/α,β-unsaturated/α-hetero) is 1. The minimum atomic E-state index is -4.51. The lowest BCUT2D eigenvalue weighted by atomic mass is 10.1. The highest BCUT2D eigenvalue weighted by Gasteiger charge is 2.37. The Hall–Kier alpha value is -4.35. The highest BCUT2D eigenvalue weighted by atomic mass is 19.4. The predicted octanol–water partition coefficient (Wildman–Crippen LogP) is 5.82. The first-order valence-electron chi connectivity index (χ1n) is 12.9. The van der Waals surface area contributed by atoms with Gasteiger partial charge in [0.2, 0.25) is 11.8 Å². The van der Waals surface area contributed by atoms with Gasteiger partial charge in [0.15, 0.2) is 17.3 Å². The van der Waals surface area contributed by atoms with Crippen LogP contribution < -0.4 is 9.47 Å². The Bertz CT molecular complexity index is 1580. The van der Waals surface area contributed by atoms with Crippen molar-refractivity contribution in [3.63, 3.8) is 0 Å². The third-order valence-electron chi connectivity index (χ3n) is 6.85. The van der Waals surface area contributed by atoms with E-state index in [4.69, 9.17) is 9.47 Å². The fraction of sp³-hybridized carbons (Fsp3) is 0.357. The van der Waals surface area contributed by atoms with E-state index in [1.165, 1.54) is 26.4 Å². The average molecular weight is 551 g/mol. The molecule has 0 radical (unpaired) electrons. The molecule has 0 unspecified atom stereocenters. The molecule has 3 heterocycles. The molecule has 2 saturated carbocycles. The maximum absolute atomic E-state index is 13.3. The van der Waals surface area contributed by atoms with Crippen LogP contribution in [0, 0.1) is 0 Å². The molecule has 0 aliphatic heterocycles. The van der Waals surface area contributed by atoms with Gasteiger partial charge in [-0.25, -0.2) is 19.9 Å². The summed E-state index contributed by atoms with van der Waals surface area (Å²) in [5, 5.41) is 0. The van der Waals surface area contributed by atoms with Gasteiger partial charge in [-0.1, -0.05) is 24.3 Å². The van der Waals surface area contributed by atoms with Crippen molar-refractivity contribution in [2.24, 2.45) is 0 Å². The molecule has 0 amide bonds. The number of carbonyl (C=O) groups excluding carboxylic acids is 1. The number of methoxy groups -OCH3 is 1. The van der Waals surface area contributed by atoms with E-state index in [1.54, 1.807) is 28.8 Å². The maximum Gasteiger partial charge on any atom is 0.434 e. The zero-order valence-corrected chi connectivity index (χ0v) is 21.8. The second-order valence-corrected chi connectivity index (χ2v) is 9.96. The van der Waals surface area contributed by atoms with Gasteiger partial charge in [0.05, 0.1) is 12.8 Å². The highest BCUT2D eigenvalue weighted by molar-refractivity contribution is 5.93. The van der Waals surface area contributed by atoms with Gasteiger partial charge < -0.3 is 14.0 Å². The lowest BCUT2D eigenvalue weighted by Gasteiger charge is -2.13. The zero-order valence-electron chi connectivity index (χ0n) is 21.8. The van der Waals surface area contributed by atoms with Crippen LogP contribution >= 0.6 is 0 Å². The number of alkyl halides is 3. The Morgan fingerprint density at radius 1 is 1.05 bits per heavy atom. The van der Waals surface area contributed by atoms with E-state index in [1.807, 2.05) is 0 Å². The topological polar surface area (TPSA) is 105 Å². The van der Waals surface area contributed by atoms with Gasteiger partial charge in [-0.3, -0.25) is 4.79 Å². The summed E-state index contributed by atoms with van der Waals surface area (Å²) in [6.45, 7) is 1.52. The summed E-state index contributed by atoms with van der Waals surface area (Å²) in [7, 11) is 1.50. The molecular weight excluding hydrogens is 525 g/mol. The molecule has 0 bridgehead atoms. The van der Waals surface area contributed by atoms with Gasteiger partial charge in [-0.05, 0) is 31.2 Å². The number of rotatable bonds is 9. The van der Waals surface area contributed by atoms with Crippen molar-refractivity contribution in [3.05, 3.63) is 65.5 Å². The van der Waals surface area contributed by atoms with Crippen molar-refractivity contribution < 1.29 is 27.4 Å². The summed E-state index contributed by atoms with van der Waals surface area (Å²) in [6, 6.07) is 8.49. The minimum Gasteiger partial charge on any atom is -0.480 e. The predicted molar refractivity (Wildman–Crippen MR) is 137 cm³/mol. The number of aromatic nitrogens is 6. The van der Waals surface area contributed by atoms with Crippen LogP contribution in [0.4, 0.5) is 13.2 Å². The number of carbonyl (C=O) groups is 1. The van der Waals surface area contributed by atoms with Gasteiger partial charge in [0, 0.05) is 36.7 Å².